The lowest BCUT2D eigenvalue weighted by atomic mass is 9.90. The molecule has 1 aliphatic rings. The fourth-order valence-corrected chi connectivity index (χ4v) is 1.82. The van der Waals surface area contributed by atoms with Gasteiger partial charge in [-0.1, -0.05) is 12.1 Å². The minimum Gasteiger partial charge on any atom is -0.379 e. The van der Waals surface area contributed by atoms with Gasteiger partial charge in [-0.15, -0.1) is 0 Å². The predicted molar refractivity (Wildman–Crippen MR) is 72.0 cm³/mol. The minimum absolute atomic E-state index is 0.227. The summed E-state index contributed by atoms with van der Waals surface area (Å²) in [7, 11) is -0.704. The minimum atomic E-state index is -0.704. The van der Waals surface area contributed by atoms with E-state index in [9.17, 15) is 4.39 Å². The molecule has 0 radical (unpaired) electrons. The first kappa shape index (κ1) is 14.5. The Morgan fingerprint density at radius 3 is 2.00 bits per heavy atom. The molecule has 0 aromatic heterocycles. The maximum absolute atomic E-state index is 12.9. The molecule has 0 amide bonds. The van der Waals surface area contributed by atoms with Gasteiger partial charge in [-0.2, -0.15) is 0 Å². The second-order valence-corrected chi connectivity index (χ2v) is 5.87. The Bertz CT molecular complexity index is 429. The van der Waals surface area contributed by atoms with E-state index in [1.165, 1.54) is 12.1 Å². The summed E-state index contributed by atoms with van der Waals surface area (Å²) in [5.74, 6) is -0.258. The molecule has 104 valence electrons. The van der Waals surface area contributed by atoms with Crippen molar-refractivity contribution >= 4 is 7.32 Å². The quantitative estimate of drug-likeness (QED) is 0.784. The fraction of sp³-hybridized carbons (Fsp3) is 0.571. The molecule has 0 spiro atoms. The van der Waals surface area contributed by atoms with Crippen molar-refractivity contribution in [2.45, 2.75) is 51.9 Å². The Kier molecular flexibility index (Phi) is 3.73. The zero-order chi connectivity index (χ0) is 14.3. The summed E-state index contributed by atoms with van der Waals surface area (Å²) in [6.07, 6.45) is -0.227. The van der Waals surface area contributed by atoms with Gasteiger partial charge in [0.2, 0.25) is 0 Å². The maximum Gasteiger partial charge on any atom is 0.640 e. The van der Waals surface area contributed by atoms with Crippen LogP contribution in [-0.4, -0.2) is 18.5 Å². The van der Waals surface area contributed by atoms with E-state index in [1.807, 2.05) is 34.6 Å². The van der Waals surface area contributed by atoms with Crippen molar-refractivity contribution in [3.05, 3.63) is 35.6 Å². The van der Waals surface area contributed by atoms with Crippen molar-refractivity contribution in [3.63, 3.8) is 0 Å². The van der Waals surface area contributed by atoms with E-state index in [1.54, 1.807) is 12.1 Å². The lowest BCUT2D eigenvalue weighted by Crippen LogP contribution is -2.41. The number of halogens is 1. The molecular weight excluding hydrogens is 246 g/mol. The lowest BCUT2D eigenvalue weighted by Gasteiger charge is -2.31. The number of hydrogen-bond donors (Lipinski definition) is 0. The molecule has 3 nitrogen and oxygen atoms in total. The molecule has 0 N–H and O–H groups in total. The van der Waals surface area contributed by atoms with E-state index in [0.717, 1.165) is 5.56 Å². The average molecular weight is 266 g/mol. The Balaban J connectivity index is 2.01. The van der Waals surface area contributed by atoms with Crippen LogP contribution in [0, 0.1) is 5.82 Å². The first-order valence-electron chi connectivity index (χ1n) is 6.48. The summed E-state index contributed by atoms with van der Waals surface area (Å²) in [5, 5.41) is 0. The third kappa shape index (κ3) is 2.99. The van der Waals surface area contributed by atoms with E-state index < -0.39 is 18.5 Å². The molecule has 1 aromatic rings. The Morgan fingerprint density at radius 1 is 1.05 bits per heavy atom. The molecule has 1 atom stereocenters. The van der Waals surface area contributed by atoms with Crippen LogP contribution < -0.4 is 0 Å². The summed E-state index contributed by atoms with van der Waals surface area (Å²) in [4.78, 5) is 0. The van der Waals surface area contributed by atoms with Crippen LogP contribution in [0.25, 0.3) is 0 Å². The highest BCUT2D eigenvalue weighted by Gasteiger charge is 2.53. The molecule has 0 aliphatic carbocycles. The smallest absolute Gasteiger partial charge is 0.379 e. The van der Waals surface area contributed by atoms with Crippen LogP contribution in [0.4, 0.5) is 4.39 Å². The van der Waals surface area contributed by atoms with Crippen LogP contribution in [-0.2, 0) is 14.0 Å². The highest BCUT2D eigenvalue weighted by atomic mass is 19.1. The first-order valence-corrected chi connectivity index (χ1v) is 6.48. The van der Waals surface area contributed by atoms with Gasteiger partial charge < -0.3 is 14.0 Å². The molecule has 1 heterocycles. The normalized spacial score (nSPS) is 22.5. The second kappa shape index (κ2) is 4.89. The SMILES string of the molecule is CC(OB1OC(C)(C)C(C)(C)O1)c1ccc(F)cc1. The van der Waals surface area contributed by atoms with Gasteiger partial charge in [-0.25, -0.2) is 4.39 Å². The third-order valence-electron chi connectivity index (χ3n) is 3.89. The molecule has 0 bridgehead atoms. The van der Waals surface area contributed by atoms with Crippen LogP contribution in [0.5, 0.6) is 0 Å². The van der Waals surface area contributed by atoms with Crippen LogP contribution in [0.2, 0.25) is 0 Å². The standard InChI is InChI=1S/C14H20BFO3/c1-10(11-6-8-12(16)9-7-11)17-15-18-13(2,3)14(4,5)19-15/h6-10H,1-5H3. The Morgan fingerprint density at radius 2 is 1.53 bits per heavy atom. The summed E-state index contributed by atoms with van der Waals surface area (Å²) in [6.45, 7) is 9.77. The van der Waals surface area contributed by atoms with Crippen molar-refractivity contribution in [1.82, 2.24) is 0 Å². The third-order valence-corrected chi connectivity index (χ3v) is 3.89. The molecular formula is C14H20BFO3. The number of hydrogen-bond acceptors (Lipinski definition) is 3. The van der Waals surface area contributed by atoms with Crippen molar-refractivity contribution in [1.29, 1.82) is 0 Å². The van der Waals surface area contributed by atoms with Gasteiger partial charge in [0.1, 0.15) is 5.82 Å². The highest BCUT2D eigenvalue weighted by Crippen LogP contribution is 2.38. The number of benzene rings is 1. The molecule has 1 saturated heterocycles. The van der Waals surface area contributed by atoms with Gasteiger partial charge in [0.15, 0.2) is 0 Å². The van der Waals surface area contributed by atoms with Crippen molar-refractivity contribution in [2.24, 2.45) is 0 Å². The number of rotatable bonds is 3. The van der Waals surface area contributed by atoms with E-state index in [4.69, 9.17) is 14.0 Å². The van der Waals surface area contributed by atoms with Crippen molar-refractivity contribution in [3.8, 4) is 0 Å². The molecule has 19 heavy (non-hydrogen) atoms. The molecule has 1 aromatic carbocycles. The van der Waals surface area contributed by atoms with Crippen LogP contribution in [0.15, 0.2) is 24.3 Å². The monoisotopic (exact) mass is 266 g/mol. The van der Waals surface area contributed by atoms with Gasteiger partial charge in [-0.05, 0) is 52.3 Å². The topological polar surface area (TPSA) is 27.7 Å². The van der Waals surface area contributed by atoms with Gasteiger partial charge in [0.05, 0.1) is 17.3 Å². The van der Waals surface area contributed by atoms with Gasteiger partial charge in [0, 0.05) is 0 Å². The zero-order valence-electron chi connectivity index (χ0n) is 12.1. The van der Waals surface area contributed by atoms with E-state index in [2.05, 4.69) is 0 Å². The highest BCUT2D eigenvalue weighted by molar-refractivity contribution is 6.37. The van der Waals surface area contributed by atoms with Crippen molar-refractivity contribution in [2.75, 3.05) is 0 Å². The lowest BCUT2D eigenvalue weighted by molar-refractivity contribution is 0.00578. The largest absolute Gasteiger partial charge is 0.640 e. The molecule has 1 unspecified atom stereocenters. The Labute approximate surface area is 114 Å². The van der Waals surface area contributed by atoms with Gasteiger partial charge in [-0.3, -0.25) is 0 Å². The average Bonchev–Trinajstić information content (AvgIpc) is 2.47. The second-order valence-electron chi connectivity index (χ2n) is 5.87. The zero-order valence-corrected chi connectivity index (χ0v) is 12.1. The first-order chi connectivity index (χ1) is 8.71. The summed E-state index contributed by atoms with van der Waals surface area (Å²) < 4.78 is 30.1. The van der Waals surface area contributed by atoms with E-state index in [-0.39, 0.29) is 11.9 Å². The molecule has 0 saturated carbocycles. The fourth-order valence-electron chi connectivity index (χ4n) is 1.82. The van der Waals surface area contributed by atoms with Gasteiger partial charge in [0.25, 0.3) is 0 Å². The van der Waals surface area contributed by atoms with Crippen molar-refractivity contribution < 1.29 is 18.4 Å². The van der Waals surface area contributed by atoms with Gasteiger partial charge >= 0.3 is 7.32 Å². The summed E-state index contributed by atoms with van der Waals surface area (Å²) >= 11 is 0. The Hall–Kier alpha value is -0.905. The van der Waals surface area contributed by atoms with E-state index >= 15 is 0 Å². The predicted octanol–water partition coefficient (Wildman–Crippen LogP) is 3.49. The summed E-state index contributed by atoms with van der Waals surface area (Å²) in [6, 6.07) is 6.23. The summed E-state index contributed by atoms with van der Waals surface area (Å²) in [5.41, 5.74) is 0.0523. The molecule has 1 aliphatic heterocycles. The van der Waals surface area contributed by atoms with E-state index in [0.29, 0.717) is 0 Å². The molecule has 5 heteroatoms. The van der Waals surface area contributed by atoms with Crippen LogP contribution in [0.1, 0.15) is 46.3 Å². The molecule has 1 fully saturated rings. The maximum atomic E-state index is 12.9. The van der Waals surface area contributed by atoms with Crippen LogP contribution in [0.3, 0.4) is 0 Å². The molecule has 2 rings (SSSR count). The van der Waals surface area contributed by atoms with Crippen LogP contribution >= 0.6 is 0 Å².